The molecule has 0 fully saturated rings. The van der Waals surface area contributed by atoms with Crippen LogP contribution in [0.2, 0.25) is 0 Å². The van der Waals surface area contributed by atoms with Gasteiger partial charge in [-0.3, -0.25) is 9.00 Å². The Labute approximate surface area is 106 Å². The van der Waals surface area contributed by atoms with E-state index in [1.54, 1.807) is 6.26 Å². The van der Waals surface area contributed by atoms with Gasteiger partial charge in [-0.15, -0.1) is 5.10 Å². The molecule has 1 rings (SSSR count). The SMILES string of the molecule is CS(=O)CCCNC(=O)Cn1cc(C(=O)O)nn1. The number of carboxylic acid groups (broad SMARTS) is 1. The van der Waals surface area contributed by atoms with E-state index in [9.17, 15) is 13.8 Å². The molecule has 0 aliphatic carbocycles. The molecule has 0 saturated heterocycles. The van der Waals surface area contributed by atoms with Crippen molar-refractivity contribution in [3.63, 3.8) is 0 Å². The maximum Gasteiger partial charge on any atom is 0.358 e. The highest BCUT2D eigenvalue weighted by molar-refractivity contribution is 7.84. The molecule has 1 atom stereocenters. The first-order valence-corrected chi connectivity index (χ1v) is 6.92. The zero-order valence-corrected chi connectivity index (χ0v) is 10.6. The lowest BCUT2D eigenvalue weighted by Gasteiger charge is -2.03. The quantitative estimate of drug-likeness (QED) is 0.607. The van der Waals surface area contributed by atoms with Gasteiger partial charge in [-0.2, -0.15) is 0 Å². The second-order valence-corrected chi connectivity index (χ2v) is 5.14. The van der Waals surface area contributed by atoms with Crippen molar-refractivity contribution in [3.05, 3.63) is 11.9 Å². The van der Waals surface area contributed by atoms with Gasteiger partial charge < -0.3 is 10.4 Å². The van der Waals surface area contributed by atoms with E-state index in [2.05, 4.69) is 15.6 Å². The highest BCUT2D eigenvalue weighted by Gasteiger charge is 2.10. The lowest BCUT2D eigenvalue weighted by molar-refractivity contribution is -0.121. The van der Waals surface area contributed by atoms with Crippen LogP contribution in [-0.2, 0) is 22.1 Å². The number of rotatable bonds is 7. The molecule has 1 unspecified atom stereocenters. The maximum atomic E-state index is 11.4. The van der Waals surface area contributed by atoms with Crippen LogP contribution in [0.25, 0.3) is 0 Å². The van der Waals surface area contributed by atoms with E-state index < -0.39 is 16.8 Å². The van der Waals surface area contributed by atoms with Crippen LogP contribution in [0.4, 0.5) is 0 Å². The summed E-state index contributed by atoms with van der Waals surface area (Å²) in [4.78, 5) is 21.9. The summed E-state index contributed by atoms with van der Waals surface area (Å²) in [6.45, 7) is 0.342. The number of hydrogen-bond donors (Lipinski definition) is 2. The summed E-state index contributed by atoms with van der Waals surface area (Å²) in [5, 5.41) is 18.1. The normalized spacial score (nSPS) is 12.1. The fraction of sp³-hybridized carbons (Fsp3) is 0.556. The maximum absolute atomic E-state index is 11.4. The number of amides is 1. The Kier molecular flexibility index (Phi) is 5.43. The Morgan fingerprint density at radius 3 is 2.83 bits per heavy atom. The monoisotopic (exact) mass is 274 g/mol. The summed E-state index contributed by atoms with van der Waals surface area (Å²) in [5.74, 6) is -0.946. The second kappa shape index (κ2) is 6.84. The van der Waals surface area contributed by atoms with E-state index in [0.29, 0.717) is 18.7 Å². The van der Waals surface area contributed by atoms with Crippen molar-refractivity contribution in [2.24, 2.45) is 0 Å². The fourth-order valence-electron chi connectivity index (χ4n) is 1.18. The Hall–Kier alpha value is -1.77. The Morgan fingerprint density at radius 1 is 1.56 bits per heavy atom. The van der Waals surface area contributed by atoms with Crippen molar-refractivity contribution in [2.75, 3.05) is 18.6 Å². The molecule has 0 bridgehead atoms. The Balaban J connectivity index is 2.31. The summed E-state index contributed by atoms with van der Waals surface area (Å²) in [7, 11) is -0.864. The average Bonchev–Trinajstić information content (AvgIpc) is 2.72. The number of carbonyl (C=O) groups is 2. The van der Waals surface area contributed by atoms with Crippen LogP contribution in [0.1, 0.15) is 16.9 Å². The minimum atomic E-state index is -1.19. The molecule has 0 radical (unpaired) electrons. The third-order valence-corrected chi connectivity index (χ3v) is 2.86. The predicted molar refractivity (Wildman–Crippen MR) is 63.5 cm³/mol. The van der Waals surface area contributed by atoms with E-state index >= 15 is 0 Å². The minimum absolute atomic E-state index is 0.0878. The molecule has 1 heterocycles. The fourth-order valence-corrected chi connectivity index (χ4v) is 1.73. The molecule has 18 heavy (non-hydrogen) atoms. The second-order valence-electron chi connectivity index (χ2n) is 3.59. The molecule has 1 aromatic heterocycles. The van der Waals surface area contributed by atoms with Gasteiger partial charge in [-0.1, -0.05) is 5.21 Å². The van der Waals surface area contributed by atoms with Gasteiger partial charge in [-0.25, -0.2) is 9.48 Å². The van der Waals surface area contributed by atoms with Crippen molar-refractivity contribution < 1.29 is 18.9 Å². The third kappa shape index (κ3) is 5.04. The van der Waals surface area contributed by atoms with Crippen molar-refractivity contribution in [3.8, 4) is 0 Å². The number of aromatic carboxylic acids is 1. The molecule has 0 saturated carbocycles. The van der Waals surface area contributed by atoms with Gasteiger partial charge in [0.1, 0.15) is 6.54 Å². The van der Waals surface area contributed by atoms with E-state index in [0.717, 1.165) is 4.68 Å². The lowest BCUT2D eigenvalue weighted by Crippen LogP contribution is -2.29. The molecular weight excluding hydrogens is 260 g/mol. The molecule has 0 aromatic carbocycles. The molecule has 1 aromatic rings. The molecule has 0 aliphatic heterocycles. The summed E-state index contributed by atoms with van der Waals surface area (Å²) in [6.07, 6.45) is 3.42. The first-order chi connectivity index (χ1) is 8.49. The topological polar surface area (TPSA) is 114 Å². The van der Waals surface area contributed by atoms with Crippen molar-refractivity contribution in [2.45, 2.75) is 13.0 Å². The van der Waals surface area contributed by atoms with Crippen LogP contribution < -0.4 is 5.32 Å². The number of aromatic nitrogens is 3. The zero-order chi connectivity index (χ0) is 13.5. The van der Waals surface area contributed by atoms with E-state index in [1.165, 1.54) is 6.20 Å². The summed E-state index contributed by atoms with van der Waals surface area (Å²) < 4.78 is 11.9. The number of hydrogen-bond acceptors (Lipinski definition) is 5. The van der Waals surface area contributed by atoms with Gasteiger partial charge in [0.05, 0.1) is 6.20 Å². The summed E-state index contributed by atoms with van der Waals surface area (Å²) in [6, 6.07) is 0. The van der Waals surface area contributed by atoms with Crippen molar-refractivity contribution in [1.29, 1.82) is 0 Å². The first kappa shape index (κ1) is 14.3. The molecule has 0 aliphatic rings. The largest absolute Gasteiger partial charge is 0.476 e. The Bertz CT molecular complexity index is 459. The standard InChI is InChI=1S/C9H14N4O4S/c1-18(17)4-2-3-10-8(14)6-13-5-7(9(15)16)11-12-13/h5H,2-4,6H2,1H3,(H,10,14)(H,15,16). The smallest absolute Gasteiger partial charge is 0.358 e. The molecule has 1 amide bonds. The van der Waals surface area contributed by atoms with E-state index in [1.807, 2.05) is 0 Å². The van der Waals surface area contributed by atoms with Crippen LogP contribution in [0.5, 0.6) is 0 Å². The number of nitrogens with zero attached hydrogens (tertiary/aromatic N) is 3. The van der Waals surface area contributed by atoms with Crippen molar-refractivity contribution in [1.82, 2.24) is 20.3 Å². The third-order valence-electron chi connectivity index (χ3n) is 1.99. The molecule has 0 spiro atoms. The van der Waals surface area contributed by atoms with Crippen LogP contribution in [0, 0.1) is 0 Å². The highest BCUT2D eigenvalue weighted by Crippen LogP contribution is 1.92. The van der Waals surface area contributed by atoms with Crippen LogP contribution in [0.15, 0.2) is 6.20 Å². The number of carboxylic acids is 1. The predicted octanol–water partition coefficient (Wildman–Crippen LogP) is -1.14. The van der Waals surface area contributed by atoms with Gasteiger partial charge in [0.15, 0.2) is 5.69 Å². The minimum Gasteiger partial charge on any atom is -0.476 e. The molecule has 100 valence electrons. The van der Waals surface area contributed by atoms with Gasteiger partial charge in [-0.05, 0) is 6.42 Å². The number of carbonyl (C=O) groups excluding carboxylic acids is 1. The highest BCUT2D eigenvalue weighted by atomic mass is 32.2. The molecule has 2 N–H and O–H groups in total. The average molecular weight is 274 g/mol. The van der Waals surface area contributed by atoms with Gasteiger partial charge in [0.25, 0.3) is 0 Å². The number of nitrogens with one attached hydrogen (secondary N) is 1. The summed E-state index contributed by atoms with van der Waals surface area (Å²) >= 11 is 0. The van der Waals surface area contributed by atoms with Crippen LogP contribution in [-0.4, -0.2) is 54.7 Å². The van der Waals surface area contributed by atoms with Gasteiger partial charge >= 0.3 is 5.97 Å². The van der Waals surface area contributed by atoms with E-state index in [-0.39, 0.29) is 18.1 Å². The first-order valence-electron chi connectivity index (χ1n) is 5.19. The zero-order valence-electron chi connectivity index (χ0n) is 9.83. The van der Waals surface area contributed by atoms with E-state index in [4.69, 9.17) is 5.11 Å². The summed E-state index contributed by atoms with van der Waals surface area (Å²) in [5.41, 5.74) is -0.204. The lowest BCUT2D eigenvalue weighted by atomic mass is 10.4. The van der Waals surface area contributed by atoms with Gasteiger partial charge in [0.2, 0.25) is 5.91 Å². The van der Waals surface area contributed by atoms with Crippen molar-refractivity contribution >= 4 is 22.7 Å². The molecule has 9 heteroatoms. The van der Waals surface area contributed by atoms with Gasteiger partial charge in [0, 0.05) is 29.4 Å². The molecular formula is C9H14N4O4S. The van der Waals surface area contributed by atoms with Crippen LogP contribution >= 0.6 is 0 Å². The Morgan fingerprint density at radius 2 is 2.28 bits per heavy atom. The van der Waals surface area contributed by atoms with Crippen LogP contribution in [0.3, 0.4) is 0 Å². The molecule has 8 nitrogen and oxygen atoms in total.